The molecule has 0 bridgehead atoms. The van der Waals surface area contributed by atoms with E-state index in [-0.39, 0.29) is 11.7 Å². The second-order valence-corrected chi connectivity index (χ2v) is 3.86. The summed E-state index contributed by atoms with van der Waals surface area (Å²) in [4.78, 5) is 11.9. The molecule has 0 aliphatic heterocycles. The highest BCUT2D eigenvalue weighted by Crippen LogP contribution is 2.28. The van der Waals surface area contributed by atoms with Crippen molar-refractivity contribution in [2.75, 3.05) is 7.11 Å². The first-order chi connectivity index (χ1) is 7.61. The summed E-state index contributed by atoms with van der Waals surface area (Å²) in [6.07, 6.45) is 0. The minimum Gasteiger partial charge on any atom is -0.496 e. The third-order valence-corrected chi connectivity index (χ3v) is 2.43. The molecule has 0 heterocycles. The second-order valence-electron chi connectivity index (χ2n) is 3.86. The number of rotatable bonds is 4. The van der Waals surface area contributed by atoms with E-state index in [2.05, 4.69) is 0 Å². The molecule has 3 heteroatoms. The number of Topliss-reactive ketones (excluding diaryl/α,β-unsaturated/α-hetero) is 1. The first kappa shape index (κ1) is 12.3. The quantitative estimate of drug-likeness (QED) is 0.778. The van der Waals surface area contributed by atoms with E-state index in [0.717, 1.165) is 0 Å². The molecular formula is C13H15NO2. The highest BCUT2D eigenvalue weighted by Gasteiger charge is 2.25. The number of para-hydroxylation sites is 1. The number of methoxy groups -OCH3 is 1. The van der Waals surface area contributed by atoms with Crippen molar-refractivity contribution in [2.45, 2.75) is 19.8 Å². The van der Waals surface area contributed by atoms with Gasteiger partial charge in [-0.15, -0.1) is 0 Å². The largest absolute Gasteiger partial charge is 0.496 e. The molecular weight excluding hydrogens is 202 g/mol. The summed E-state index contributed by atoms with van der Waals surface area (Å²) in [6, 6.07) is 9.18. The maximum Gasteiger partial charge on any atom is 0.157 e. The van der Waals surface area contributed by atoms with Crippen molar-refractivity contribution in [1.29, 1.82) is 5.26 Å². The summed E-state index contributed by atoms with van der Waals surface area (Å²) < 4.78 is 5.15. The van der Waals surface area contributed by atoms with E-state index in [1.807, 2.05) is 12.1 Å². The molecule has 1 aromatic carbocycles. The summed E-state index contributed by atoms with van der Waals surface area (Å²) in [5.74, 6) is -0.388. The average Bonchev–Trinajstić information content (AvgIpc) is 2.30. The molecule has 1 unspecified atom stereocenters. The van der Waals surface area contributed by atoms with Crippen molar-refractivity contribution in [2.24, 2.45) is 5.92 Å². The van der Waals surface area contributed by atoms with Gasteiger partial charge in [-0.25, -0.2) is 0 Å². The molecule has 0 fully saturated rings. The van der Waals surface area contributed by atoms with Crippen LogP contribution in [-0.2, 0) is 4.79 Å². The molecule has 0 aliphatic rings. The number of carbonyl (C=O) groups is 1. The maximum atomic E-state index is 11.9. The summed E-state index contributed by atoms with van der Waals surface area (Å²) in [6.45, 7) is 3.59. The highest BCUT2D eigenvalue weighted by molar-refractivity contribution is 5.90. The predicted octanol–water partition coefficient (Wildman–Crippen LogP) is 2.53. The van der Waals surface area contributed by atoms with Crippen LogP contribution in [-0.4, -0.2) is 12.9 Å². The van der Waals surface area contributed by atoms with Gasteiger partial charge in [-0.2, -0.15) is 5.26 Å². The number of carbonyl (C=O) groups excluding carboxylic acids is 1. The van der Waals surface area contributed by atoms with Gasteiger partial charge in [-0.05, 0) is 6.07 Å². The van der Waals surface area contributed by atoms with E-state index in [1.165, 1.54) is 7.11 Å². The van der Waals surface area contributed by atoms with Gasteiger partial charge in [0, 0.05) is 11.5 Å². The van der Waals surface area contributed by atoms with Crippen LogP contribution < -0.4 is 4.74 Å². The lowest BCUT2D eigenvalue weighted by Gasteiger charge is -2.14. The van der Waals surface area contributed by atoms with E-state index in [9.17, 15) is 4.79 Å². The van der Waals surface area contributed by atoms with Gasteiger partial charge in [-0.3, -0.25) is 4.79 Å². The molecule has 1 atom stereocenters. The van der Waals surface area contributed by atoms with Crippen molar-refractivity contribution < 1.29 is 9.53 Å². The summed E-state index contributed by atoms with van der Waals surface area (Å²) in [5, 5.41) is 9.09. The van der Waals surface area contributed by atoms with E-state index < -0.39 is 5.92 Å². The zero-order chi connectivity index (χ0) is 12.1. The zero-order valence-electron chi connectivity index (χ0n) is 9.73. The number of hydrogen-bond donors (Lipinski definition) is 0. The third-order valence-electron chi connectivity index (χ3n) is 2.43. The summed E-state index contributed by atoms with van der Waals surface area (Å²) in [7, 11) is 1.53. The predicted molar refractivity (Wildman–Crippen MR) is 61.2 cm³/mol. The van der Waals surface area contributed by atoms with Gasteiger partial charge >= 0.3 is 0 Å². The molecule has 3 nitrogen and oxygen atoms in total. The molecule has 84 valence electrons. The van der Waals surface area contributed by atoms with Crippen molar-refractivity contribution in [1.82, 2.24) is 0 Å². The number of ether oxygens (including phenoxy) is 1. The van der Waals surface area contributed by atoms with Crippen LogP contribution in [0.2, 0.25) is 0 Å². The molecule has 16 heavy (non-hydrogen) atoms. The van der Waals surface area contributed by atoms with Gasteiger partial charge in [0.2, 0.25) is 0 Å². The third kappa shape index (κ3) is 2.40. The van der Waals surface area contributed by atoms with Gasteiger partial charge in [0.1, 0.15) is 11.7 Å². The lowest BCUT2D eigenvalue weighted by Crippen LogP contribution is -2.17. The Morgan fingerprint density at radius 3 is 2.50 bits per heavy atom. The first-order valence-corrected chi connectivity index (χ1v) is 5.18. The standard InChI is InChI=1S/C13H15NO2/c1-9(2)13(15)11(8-14)10-6-4-5-7-12(10)16-3/h4-7,9,11H,1-3H3. The van der Waals surface area contributed by atoms with Crippen molar-refractivity contribution in [3.05, 3.63) is 29.8 Å². The van der Waals surface area contributed by atoms with Crippen LogP contribution in [0.4, 0.5) is 0 Å². The molecule has 0 aliphatic carbocycles. The molecule has 0 N–H and O–H groups in total. The highest BCUT2D eigenvalue weighted by atomic mass is 16.5. The van der Waals surface area contributed by atoms with Crippen molar-refractivity contribution >= 4 is 5.78 Å². The molecule has 0 saturated carbocycles. The minimum absolute atomic E-state index is 0.0769. The van der Waals surface area contributed by atoms with Gasteiger partial charge in [0.25, 0.3) is 0 Å². The van der Waals surface area contributed by atoms with Crippen LogP contribution >= 0.6 is 0 Å². The van der Waals surface area contributed by atoms with E-state index in [0.29, 0.717) is 11.3 Å². The molecule has 0 radical (unpaired) electrons. The Morgan fingerprint density at radius 2 is 2.00 bits per heavy atom. The van der Waals surface area contributed by atoms with E-state index >= 15 is 0 Å². The zero-order valence-corrected chi connectivity index (χ0v) is 9.73. The number of nitriles is 1. The molecule has 0 saturated heterocycles. The van der Waals surface area contributed by atoms with Gasteiger partial charge in [-0.1, -0.05) is 32.0 Å². The Bertz CT molecular complexity index is 418. The molecule has 1 aromatic rings. The van der Waals surface area contributed by atoms with Crippen LogP contribution in [0.15, 0.2) is 24.3 Å². The molecule has 1 rings (SSSR count). The molecule has 0 spiro atoms. The van der Waals surface area contributed by atoms with Crippen LogP contribution in [0.5, 0.6) is 5.75 Å². The number of benzene rings is 1. The number of ketones is 1. The van der Waals surface area contributed by atoms with Crippen LogP contribution in [0, 0.1) is 17.2 Å². The lowest BCUT2D eigenvalue weighted by atomic mass is 9.89. The van der Waals surface area contributed by atoms with Crippen molar-refractivity contribution in [3.8, 4) is 11.8 Å². The smallest absolute Gasteiger partial charge is 0.157 e. The van der Waals surface area contributed by atoms with Crippen LogP contribution in [0.25, 0.3) is 0 Å². The van der Waals surface area contributed by atoms with E-state index in [4.69, 9.17) is 10.00 Å². The Labute approximate surface area is 95.7 Å². The van der Waals surface area contributed by atoms with Crippen LogP contribution in [0.1, 0.15) is 25.3 Å². The Morgan fingerprint density at radius 1 is 1.38 bits per heavy atom. The van der Waals surface area contributed by atoms with Gasteiger partial charge < -0.3 is 4.74 Å². The monoisotopic (exact) mass is 217 g/mol. The maximum absolute atomic E-state index is 11.9. The average molecular weight is 217 g/mol. The summed E-state index contributed by atoms with van der Waals surface area (Å²) >= 11 is 0. The molecule has 0 amide bonds. The lowest BCUT2D eigenvalue weighted by molar-refractivity contribution is -0.122. The van der Waals surface area contributed by atoms with E-state index in [1.54, 1.807) is 32.0 Å². The first-order valence-electron chi connectivity index (χ1n) is 5.18. The van der Waals surface area contributed by atoms with Gasteiger partial charge in [0.05, 0.1) is 13.2 Å². The SMILES string of the molecule is COc1ccccc1C(C#N)C(=O)C(C)C. The Kier molecular flexibility index (Phi) is 4.07. The van der Waals surface area contributed by atoms with Gasteiger partial charge in [0.15, 0.2) is 5.78 Å². The Hall–Kier alpha value is -1.82. The number of hydrogen-bond acceptors (Lipinski definition) is 3. The number of nitrogens with zero attached hydrogens (tertiary/aromatic N) is 1. The molecule has 0 aromatic heterocycles. The van der Waals surface area contributed by atoms with Crippen LogP contribution in [0.3, 0.4) is 0 Å². The second kappa shape index (κ2) is 5.32. The fourth-order valence-electron chi connectivity index (χ4n) is 1.52. The topological polar surface area (TPSA) is 50.1 Å². The minimum atomic E-state index is -0.740. The fourth-order valence-corrected chi connectivity index (χ4v) is 1.52. The normalized spacial score (nSPS) is 11.9. The fraction of sp³-hybridized carbons (Fsp3) is 0.385. The Balaban J connectivity index is 3.15. The summed E-state index contributed by atoms with van der Waals surface area (Å²) in [5.41, 5.74) is 0.645. The van der Waals surface area contributed by atoms with Crippen molar-refractivity contribution in [3.63, 3.8) is 0 Å².